The maximum Gasteiger partial charge on any atom is 0.223 e. The van der Waals surface area contributed by atoms with Crippen LogP contribution in [0.5, 0.6) is 0 Å². The summed E-state index contributed by atoms with van der Waals surface area (Å²) in [6.45, 7) is 1.51. The SMILES string of the molecule is CC(=O)N(C)c1ccc(-c2cc(C#N)[nH]c2Cl)cc1. The quantitative estimate of drug-likeness (QED) is 0.913. The van der Waals surface area contributed by atoms with Crippen LogP contribution in [0.4, 0.5) is 5.69 Å². The first-order chi connectivity index (χ1) is 9.02. The Labute approximate surface area is 116 Å². The zero-order valence-electron chi connectivity index (χ0n) is 10.6. The van der Waals surface area contributed by atoms with Crippen LogP contribution < -0.4 is 4.90 Å². The van der Waals surface area contributed by atoms with Crippen LogP contribution in [0.1, 0.15) is 12.6 Å². The number of H-pyrrole nitrogens is 1. The van der Waals surface area contributed by atoms with E-state index < -0.39 is 0 Å². The first-order valence-corrected chi connectivity index (χ1v) is 6.04. The van der Waals surface area contributed by atoms with E-state index in [9.17, 15) is 4.79 Å². The number of hydrogen-bond acceptors (Lipinski definition) is 2. The molecule has 2 aromatic rings. The van der Waals surface area contributed by atoms with Gasteiger partial charge in [-0.1, -0.05) is 23.7 Å². The molecule has 5 heteroatoms. The van der Waals surface area contributed by atoms with Crippen LogP contribution in [0.3, 0.4) is 0 Å². The second kappa shape index (κ2) is 5.17. The van der Waals surface area contributed by atoms with E-state index in [-0.39, 0.29) is 5.91 Å². The number of aromatic amines is 1. The number of rotatable bonds is 2. The maximum atomic E-state index is 11.3. The van der Waals surface area contributed by atoms with Crippen LogP contribution in [0, 0.1) is 11.3 Å². The van der Waals surface area contributed by atoms with Gasteiger partial charge in [-0.25, -0.2) is 0 Å². The van der Waals surface area contributed by atoms with Gasteiger partial charge in [0.15, 0.2) is 0 Å². The fourth-order valence-electron chi connectivity index (χ4n) is 1.75. The molecule has 96 valence electrons. The number of anilines is 1. The standard InChI is InChI=1S/C14H12ClN3O/c1-9(19)18(2)12-5-3-10(4-6-12)13-7-11(8-16)17-14(13)15/h3-7,17H,1-2H3. The Bertz CT molecular complexity index is 652. The van der Waals surface area contributed by atoms with E-state index in [4.69, 9.17) is 16.9 Å². The highest BCUT2D eigenvalue weighted by molar-refractivity contribution is 6.32. The number of nitrogens with one attached hydrogen (secondary N) is 1. The molecule has 0 aliphatic carbocycles. The monoisotopic (exact) mass is 273 g/mol. The summed E-state index contributed by atoms with van der Waals surface area (Å²) in [5.74, 6) is -0.0285. The van der Waals surface area contributed by atoms with Crippen LogP contribution in [0.15, 0.2) is 30.3 Å². The molecule has 0 bridgehead atoms. The van der Waals surface area contributed by atoms with Crippen LogP contribution in [0.25, 0.3) is 11.1 Å². The smallest absolute Gasteiger partial charge is 0.223 e. The van der Waals surface area contributed by atoms with Gasteiger partial charge in [0.05, 0.1) is 0 Å². The van der Waals surface area contributed by atoms with Crippen molar-refractivity contribution in [2.24, 2.45) is 0 Å². The number of benzene rings is 1. The predicted octanol–water partition coefficient (Wildman–Crippen LogP) is 3.19. The molecule has 0 saturated heterocycles. The van der Waals surface area contributed by atoms with Crippen molar-refractivity contribution in [1.29, 1.82) is 5.26 Å². The lowest BCUT2D eigenvalue weighted by Crippen LogP contribution is -2.22. The fourth-order valence-corrected chi connectivity index (χ4v) is 2.01. The minimum Gasteiger partial charge on any atom is -0.337 e. The summed E-state index contributed by atoms with van der Waals surface area (Å²) < 4.78 is 0. The maximum absolute atomic E-state index is 11.3. The van der Waals surface area contributed by atoms with Crippen LogP contribution in [-0.4, -0.2) is 17.9 Å². The Morgan fingerprint density at radius 2 is 2.00 bits per heavy atom. The minimum atomic E-state index is -0.0285. The molecule has 0 unspecified atom stereocenters. The number of amides is 1. The summed E-state index contributed by atoms with van der Waals surface area (Å²) in [7, 11) is 1.72. The average Bonchev–Trinajstić information content (AvgIpc) is 2.79. The Kier molecular flexibility index (Phi) is 3.59. The van der Waals surface area contributed by atoms with Crippen molar-refractivity contribution in [2.75, 3.05) is 11.9 Å². The second-order valence-electron chi connectivity index (χ2n) is 4.15. The fraction of sp³-hybridized carbons (Fsp3) is 0.143. The highest BCUT2D eigenvalue weighted by Crippen LogP contribution is 2.29. The number of aromatic nitrogens is 1. The van der Waals surface area contributed by atoms with Gasteiger partial charge in [0.1, 0.15) is 16.9 Å². The van der Waals surface area contributed by atoms with Crippen molar-refractivity contribution < 1.29 is 4.79 Å². The largest absolute Gasteiger partial charge is 0.337 e. The van der Waals surface area contributed by atoms with E-state index in [1.165, 1.54) is 6.92 Å². The molecule has 19 heavy (non-hydrogen) atoms. The first-order valence-electron chi connectivity index (χ1n) is 5.66. The van der Waals surface area contributed by atoms with Crippen molar-refractivity contribution in [1.82, 2.24) is 4.98 Å². The molecule has 0 saturated carbocycles. The van der Waals surface area contributed by atoms with Crippen molar-refractivity contribution >= 4 is 23.2 Å². The summed E-state index contributed by atoms with van der Waals surface area (Å²) in [6.07, 6.45) is 0. The molecule has 4 nitrogen and oxygen atoms in total. The number of nitriles is 1. The highest BCUT2D eigenvalue weighted by atomic mass is 35.5. The van der Waals surface area contributed by atoms with Gasteiger partial charge in [-0.05, 0) is 23.8 Å². The van der Waals surface area contributed by atoms with Gasteiger partial charge in [-0.3, -0.25) is 4.79 Å². The van der Waals surface area contributed by atoms with Crippen molar-refractivity contribution in [3.8, 4) is 17.2 Å². The molecule has 0 atom stereocenters. The van der Waals surface area contributed by atoms with Crippen LogP contribution in [0.2, 0.25) is 5.15 Å². The van der Waals surface area contributed by atoms with Gasteiger partial charge in [0.2, 0.25) is 5.91 Å². The third kappa shape index (κ3) is 2.61. The molecule has 1 aromatic carbocycles. The highest BCUT2D eigenvalue weighted by Gasteiger charge is 2.10. The van der Waals surface area contributed by atoms with E-state index in [0.29, 0.717) is 10.8 Å². The lowest BCUT2D eigenvalue weighted by Gasteiger charge is -2.15. The number of carbonyl (C=O) groups excluding carboxylic acids is 1. The van der Waals surface area contributed by atoms with Gasteiger partial charge < -0.3 is 9.88 Å². The lowest BCUT2D eigenvalue weighted by atomic mass is 10.1. The topological polar surface area (TPSA) is 59.9 Å². The molecule has 0 aliphatic heterocycles. The third-order valence-corrected chi connectivity index (χ3v) is 3.23. The zero-order chi connectivity index (χ0) is 14.0. The molecular weight excluding hydrogens is 262 g/mol. The van der Waals surface area contributed by atoms with E-state index in [0.717, 1.165) is 16.8 Å². The molecule has 0 fully saturated rings. The normalized spacial score (nSPS) is 10.0. The molecular formula is C14H12ClN3O. The number of nitrogens with zero attached hydrogens (tertiary/aromatic N) is 2. The molecule has 1 amide bonds. The van der Waals surface area contributed by atoms with Gasteiger partial charge in [-0.2, -0.15) is 5.26 Å². The van der Waals surface area contributed by atoms with Crippen LogP contribution in [-0.2, 0) is 4.79 Å². The summed E-state index contributed by atoms with van der Waals surface area (Å²) in [4.78, 5) is 15.6. The van der Waals surface area contributed by atoms with Crippen LogP contribution >= 0.6 is 11.6 Å². The summed E-state index contributed by atoms with van der Waals surface area (Å²) in [5, 5.41) is 9.25. The van der Waals surface area contributed by atoms with Crippen molar-refractivity contribution in [3.63, 3.8) is 0 Å². The van der Waals surface area contributed by atoms with E-state index in [1.54, 1.807) is 18.0 Å². The summed E-state index contributed by atoms with van der Waals surface area (Å²) in [6, 6.07) is 11.1. The molecule has 0 radical (unpaired) electrons. The average molecular weight is 274 g/mol. The Morgan fingerprint density at radius 1 is 1.37 bits per heavy atom. The van der Waals surface area contributed by atoms with Crippen molar-refractivity contribution in [2.45, 2.75) is 6.92 Å². The Morgan fingerprint density at radius 3 is 2.47 bits per heavy atom. The van der Waals surface area contributed by atoms with Gasteiger partial charge in [-0.15, -0.1) is 0 Å². The molecule has 1 aromatic heterocycles. The van der Waals surface area contributed by atoms with Gasteiger partial charge >= 0.3 is 0 Å². The molecule has 0 aliphatic rings. The molecule has 1 N–H and O–H groups in total. The predicted molar refractivity (Wildman–Crippen MR) is 75.0 cm³/mol. The lowest BCUT2D eigenvalue weighted by molar-refractivity contribution is -0.116. The Hall–Kier alpha value is -2.25. The third-order valence-electron chi connectivity index (χ3n) is 2.93. The van der Waals surface area contributed by atoms with Gasteiger partial charge in [0.25, 0.3) is 0 Å². The zero-order valence-corrected chi connectivity index (χ0v) is 11.3. The molecule has 0 spiro atoms. The van der Waals surface area contributed by atoms with Gasteiger partial charge in [0, 0.05) is 25.2 Å². The molecule has 2 rings (SSSR count). The number of carbonyl (C=O) groups is 1. The van der Waals surface area contributed by atoms with E-state index in [1.807, 2.05) is 30.3 Å². The van der Waals surface area contributed by atoms with E-state index in [2.05, 4.69) is 4.98 Å². The van der Waals surface area contributed by atoms with E-state index >= 15 is 0 Å². The Balaban J connectivity index is 2.35. The number of halogens is 1. The second-order valence-corrected chi connectivity index (χ2v) is 4.53. The number of hydrogen-bond donors (Lipinski definition) is 1. The minimum absolute atomic E-state index is 0.0285. The summed E-state index contributed by atoms with van der Waals surface area (Å²) in [5.41, 5.74) is 2.90. The first kappa shape index (κ1) is 13.2. The molecule has 1 heterocycles. The summed E-state index contributed by atoms with van der Waals surface area (Å²) >= 11 is 6.04. The van der Waals surface area contributed by atoms with Crippen molar-refractivity contribution in [3.05, 3.63) is 41.2 Å².